The van der Waals surface area contributed by atoms with Crippen LogP contribution in [0, 0.1) is 11.6 Å². The van der Waals surface area contributed by atoms with Crippen LogP contribution in [-0.2, 0) is 0 Å². The van der Waals surface area contributed by atoms with Crippen molar-refractivity contribution >= 4 is 23.4 Å². The molecule has 1 aromatic rings. The molecular weight excluding hydrogens is 284 g/mol. The topological polar surface area (TPSA) is 67.2 Å². The van der Waals surface area contributed by atoms with E-state index in [9.17, 15) is 13.6 Å². The van der Waals surface area contributed by atoms with Gasteiger partial charge in [0.15, 0.2) is 11.6 Å². The number of anilines is 1. The van der Waals surface area contributed by atoms with Gasteiger partial charge in [0, 0.05) is 16.9 Å². The van der Waals surface area contributed by atoms with Gasteiger partial charge < -0.3 is 10.7 Å². The molecule has 110 valence electrons. The maximum atomic E-state index is 13.6. The number of carbonyl (C=O) groups excluding carboxylic acids is 1. The first-order chi connectivity index (χ1) is 9.56. The second-order valence-corrected chi connectivity index (χ2v) is 5.82. The number of hydrogen-bond donors (Lipinski definition) is 3. The summed E-state index contributed by atoms with van der Waals surface area (Å²) in [5.74, 6) is 2.78. The predicted octanol–water partition coefficient (Wildman–Crippen LogP) is 2.26. The van der Waals surface area contributed by atoms with E-state index < -0.39 is 23.2 Å². The molecule has 4 nitrogen and oxygen atoms in total. The van der Waals surface area contributed by atoms with Gasteiger partial charge in [-0.1, -0.05) is 6.42 Å². The summed E-state index contributed by atoms with van der Waals surface area (Å²) in [5, 5.41) is 3.20. The predicted molar refractivity (Wildman–Crippen MR) is 76.6 cm³/mol. The maximum absolute atomic E-state index is 13.6. The molecule has 1 aromatic carbocycles. The Balaban J connectivity index is 2.13. The average molecular weight is 301 g/mol. The second-order valence-electron chi connectivity index (χ2n) is 4.74. The summed E-state index contributed by atoms with van der Waals surface area (Å²) in [6.07, 6.45) is 4.99. The number of thioether (sulfide) groups is 1. The molecule has 2 rings (SSSR count). The van der Waals surface area contributed by atoms with Crippen molar-refractivity contribution in [1.29, 1.82) is 0 Å². The Hall–Kier alpha value is -1.34. The van der Waals surface area contributed by atoms with E-state index in [0.29, 0.717) is 5.25 Å². The smallest absolute Gasteiger partial charge is 0.251 e. The zero-order valence-electron chi connectivity index (χ0n) is 11.1. The fraction of sp³-hybridized carbons (Fsp3) is 0.462. The monoisotopic (exact) mass is 301 g/mol. The molecule has 20 heavy (non-hydrogen) atoms. The van der Waals surface area contributed by atoms with E-state index in [-0.39, 0.29) is 11.6 Å². The van der Waals surface area contributed by atoms with Gasteiger partial charge in [0.05, 0.1) is 0 Å². The molecule has 0 radical (unpaired) electrons. The van der Waals surface area contributed by atoms with Crippen molar-refractivity contribution in [2.75, 3.05) is 11.7 Å². The first-order valence-corrected chi connectivity index (χ1v) is 7.65. The van der Waals surface area contributed by atoms with Crippen LogP contribution in [0.4, 0.5) is 14.5 Å². The van der Waals surface area contributed by atoms with Gasteiger partial charge in [0.1, 0.15) is 5.69 Å². The normalized spacial score (nSPS) is 21.8. The van der Waals surface area contributed by atoms with E-state index in [2.05, 4.69) is 5.32 Å². The lowest BCUT2D eigenvalue weighted by Crippen LogP contribution is -2.38. The number of nitrogens with one attached hydrogen (secondary N) is 2. The van der Waals surface area contributed by atoms with Crippen LogP contribution in [0.5, 0.6) is 0 Å². The minimum Gasteiger partial charge on any atom is -0.348 e. The van der Waals surface area contributed by atoms with Gasteiger partial charge in [-0.15, -0.1) is 0 Å². The molecule has 1 aliphatic carbocycles. The Labute approximate surface area is 120 Å². The molecule has 2 atom stereocenters. The van der Waals surface area contributed by atoms with Crippen LogP contribution in [0.25, 0.3) is 0 Å². The van der Waals surface area contributed by atoms with Gasteiger partial charge in [-0.3, -0.25) is 10.6 Å². The fourth-order valence-corrected chi connectivity index (χ4v) is 3.40. The Kier molecular flexibility index (Phi) is 4.82. The summed E-state index contributed by atoms with van der Waals surface area (Å²) in [7, 11) is 0. The van der Waals surface area contributed by atoms with Crippen molar-refractivity contribution in [2.24, 2.45) is 5.84 Å². The highest BCUT2D eigenvalue weighted by Crippen LogP contribution is 2.28. The van der Waals surface area contributed by atoms with Gasteiger partial charge in [-0.25, -0.2) is 8.78 Å². The quantitative estimate of drug-likeness (QED) is 0.589. The molecule has 1 fully saturated rings. The minimum atomic E-state index is -0.884. The molecule has 2 unspecified atom stereocenters. The first kappa shape index (κ1) is 15.1. The molecule has 0 bridgehead atoms. The van der Waals surface area contributed by atoms with Crippen molar-refractivity contribution in [3.8, 4) is 0 Å². The molecule has 1 amide bonds. The summed E-state index contributed by atoms with van der Waals surface area (Å²) in [5.41, 5.74) is 1.46. The average Bonchev–Trinajstić information content (AvgIpc) is 2.85. The summed E-state index contributed by atoms with van der Waals surface area (Å²) in [6.45, 7) is 0. The third-order valence-electron chi connectivity index (χ3n) is 3.52. The minimum absolute atomic E-state index is 0.0363. The lowest BCUT2D eigenvalue weighted by atomic mass is 10.1. The summed E-state index contributed by atoms with van der Waals surface area (Å²) in [4.78, 5) is 12.1. The van der Waals surface area contributed by atoms with Crippen LogP contribution in [-0.4, -0.2) is 23.5 Å². The Morgan fingerprint density at radius 3 is 2.55 bits per heavy atom. The van der Waals surface area contributed by atoms with Gasteiger partial charge >= 0.3 is 0 Å². The molecule has 0 aromatic heterocycles. The van der Waals surface area contributed by atoms with Crippen molar-refractivity contribution < 1.29 is 13.6 Å². The number of benzene rings is 1. The van der Waals surface area contributed by atoms with Crippen molar-refractivity contribution in [3.05, 3.63) is 29.3 Å². The summed E-state index contributed by atoms with van der Waals surface area (Å²) < 4.78 is 27.1. The number of hydrazine groups is 1. The highest BCUT2D eigenvalue weighted by atomic mass is 32.2. The van der Waals surface area contributed by atoms with Crippen LogP contribution in [0.15, 0.2) is 12.1 Å². The van der Waals surface area contributed by atoms with E-state index in [1.807, 2.05) is 11.7 Å². The Morgan fingerprint density at radius 2 is 2.00 bits per heavy atom. The number of rotatable bonds is 4. The Morgan fingerprint density at radius 1 is 1.35 bits per heavy atom. The largest absolute Gasteiger partial charge is 0.348 e. The summed E-state index contributed by atoms with van der Waals surface area (Å²) >= 11 is 1.70. The van der Waals surface area contributed by atoms with Gasteiger partial charge in [-0.05, 0) is 31.2 Å². The molecule has 0 saturated heterocycles. The third-order valence-corrected chi connectivity index (χ3v) is 4.69. The molecule has 0 aliphatic heterocycles. The zero-order chi connectivity index (χ0) is 14.7. The van der Waals surface area contributed by atoms with Gasteiger partial charge in [-0.2, -0.15) is 11.8 Å². The molecule has 0 spiro atoms. The maximum Gasteiger partial charge on any atom is 0.251 e. The lowest BCUT2D eigenvalue weighted by molar-refractivity contribution is 0.0938. The molecule has 1 aliphatic rings. The highest BCUT2D eigenvalue weighted by molar-refractivity contribution is 7.99. The van der Waals surface area contributed by atoms with Crippen LogP contribution in [0.3, 0.4) is 0 Å². The number of nitrogens with two attached hydrogens (primary N) is 1. The molecule has 0 heterocycles. The third kappa shape index (κ3) is 3.04. The number of halogens is 2. The van der Waals surface area contributed by atoms with E-state index in [1.165, 1.54) is 0 Å². The SMILES string of the molecule is CSC1CCCC1NC(=O)c1cc(F)c(NN)c(F)c1. The van der Waals surface area contributed by atoms with Gasteiger partial charge in [0.25, 0.3) is 5.91 Å². The van der Waals surface area contributed by atoms with E-state index in [1.54, 1.807) is 11.8 Å². The molecule has 7 heteroatoms. The number of carbonyl (C=O) groups is 1. The van der Waals surface area contributed by atoms with Gasteiger partial charge in [0.2, 0.25) is 0 Å². The van der Waals surface area contributed by atoms with E-state index in [4.69, 9.17) is 5.84 Å². The first-order valence-electron chi connectivity index (χ1n) is 6.36. The van der Waals surface area contributed by atoms with Crippen molar-refractivity contribution in [1.82, 2.24) is 5.32 Å². The summed E-state index contributed by atoms with van der Waals surface area (Å²) in [6, 6.07) is 2.02. The molecular formula is C13H17F2N3OS. The van der Waals surface area contributed by atoms with E-state index in [0.717, 1.165) is 31.4 Å². The van der Waals surface area contributed by atoms with Crippen molar-refractivity contribution in [3.63, 3.8) is 0 Å². The zero-order valence-corrected chi connectivity index (χ0v) is 11.9. The standard InChI is InChI=1S/C13H17F2N3OS/c1-20-11-4-2-3-10(11)17-13(19)7-5-8(14)12(18-16)9(15)6-7/h5-6,10-11,18H,2-4,16H2,1H3,(H,17,19). The lowest BCUT2D eigenvalue weighted by Gasteiger charge is -2.19. The van der Waals surface area contributed by atoms with Crippen LogP contribution >= 0.6 is 11.8 Å². The fourth-order valence-electron chi connectivity index (χ4n) is 2.47. The number of hydrogen-bond acceptors (Lipinski definition) is 4. The van der Waals surface area contributed by atoms with Crippen LogP contribution in [0.1, 0.15) is 29.6 Å². The highest BCUT2D eigenvalue weighted by Gasteiger charge is 2.28. The van der Waals surface area contributed by atoms with Crippen molar-refractivity contribution in [2.45, 2.75) is 30.6 Å². The second kappa shape index (κ2) is 6.41. The number of amides is 1. The van der Waals surface area contributed by atoms with Crippen LogP contribution < -0.4 is 16.6 Å². The molecule has 4 N–H and O–H groups in total. The Bertz CT molecular complexity index is 489. The van der Waals surface area contributed by atoms with E-state index >= 15 is 0 Å². The number of nitrogen functional groups attached to an aromatic ring is 1. The van der Waals surface area contributed by atoms with Crippen LogP contribution in [0.2, 0.25) is 0 Å². The molecule has 1 saturated carbocycles.